The highest BCUT2D eigenvalue weighted by molar-refractivity contribution is 5.71. The molecule has 0 rings (SSSR count). The maximum atomic E-state index is 12.8. The summed E-state index contributed by atoms with van der Waals surface area (Å²) in [6.07, 6.45) is 66.0. The monoisotopic (exact) mass is 943 g/mol. The molecule has 0 aliphatic rings. The molecule has 394 valence electrons. The second-order valence-corrected chi connectivity index (χ2v) is 20.3. The summed E-state index contributed by atoms with van der Waals surface area (Å²) >= 11 is 0. The van der Waals surface area contributed by atoms with Crippen LogP contribution in [0.15, 0.2) is 24.3 Å². The van der Waals surface area contributed by atoms with Crippen molar-refractivity contribution in [3.63, 3.8) is 0 Å². The van der Waals surface area contributed by atoms with E-state index in [0.29, 0.717) is 19.3 Å². The lowest BCUT2D eigenvalue weighted by atomic mass is 10.0. The molecule has 0 heterocycles. The van der Waals surface area contributed by atoms with Crippen molar-refractivity contribution in [3.05, 3.63) is 24.3 Å². The fourth-order valence-corrected chi connectivity index (χ4v) is 8.91. The van der Waals surface area contributed by atoms with Crippen molar-refractivity contribution in [1.29, 1.82) is 0 Å². The Balaban J connectivity index is 4.28. The molecule has 0 radical (unpaired) electrons. The Morgan fingerprint density at radius 2 is 0.493 bits per heavy atom. The van der Waals surface area contributed by atoms with E-state index < -0.39 is 6.10 Å². The lowest BCUT2D eigenvalue weighted by Gasteiger charge is -2.18. The summed E-state index contributed by atoms with van der Waals surface area (Å²) in [6.45, 7) is 6.66. The Labute approximate surface area is 417 Å². The number of hydrogen-bond acceptors (Lipinski definition) is 6. The van der Waals surface area contributed by atoms with Gasteiger partial charge in [0.2, 0.25) is 0 Å². The molecular formula is C61H114O6. The molecule has 6 heteroatoms. The average molecular weight is 944 g/mol. The number of carbonyl (C=O) groups excluding carboxylic acids is 3. The first-order valence-corrected chi connectivity index (χ1v) is 29.8. The van der Waals surface area contributed by atoms with Gasteiger partial charge in [0, 0.05) is 19.3 Å². The number of hydrogen-bond donors (Lipinski definition) is 0. The van der Waals surface area contributed by atoms with Crippen LogP contribution in [0.3, 0.4) is 0 Å². The Morgan fingerprint density at radius 1 is 0.284 bits per heavy atom. The molecule has 0 aliphatic heterocycles. The molecule has 0 spiro atoms. The van der Waals surface area contributed by atoms with E-state index in [0.717, 1.165) is 70.6 Å². The SMILES string of the molecule is CCCCCCC/C=C\CCCCCCCC(=O)OCC(COC(=O)CCCCCCCCCCCCCCCCCCCCCCC)OC(=O)CCCCCCC/C=C\CCCCCCC. The fourth-order valence-electron chi connectivity index (χ4n) is 8.91. The lowest BCUT2D eigenvalue weighted by molar-refractivity contribution is -0.167. The van der Waals surface area contributed by atoms with E-state index in [1.807, 2.05) is 0 Å². The maximum absolute atomic E-state index is 12.8. The number of allylic oxidation sites excluding steroid dienone is 4. The molecule has 0 amide bonds. The van der Waals surface area contributed by atoms with E-state index in [-0.39, 0.29) is 31.1 Å². The third-order valence-corrected chi connectivity index (χ3v) is 13.4. The van der Waals surface area contributed by atoms with Crippen molar-refractivity contribution in [2.24, 2.45) is 0 Å². The van der Waals surface area contributed by atoms with Gasteiger partial charge in [0.15, 0.2) is 6.10 Å². The Hall–Kier alpha value is -2.11. The number of ether oxygens (including phenoxy) is 3. The van der Waals surface area contributed by atoms with Gasteiger partial charge < -0.3 is 14.2 Å². The second-order valence-electron chi connectivity index (χ2n) is 20.3. The highest BCUT2D eigenvalue weighted by Crippen LogP contribution is 2.17. The third-order valence-electron chi connectivity index (χ3n) is 13.4. The number of unbranched alkanes of at least 4 members (excludes halogenated alkanes) is 40. The third kappa shape index (κ3) is 54.7. The summed E-state index contributed by atoms with van der Waals surface area (Å²) in [5.74, 6) is -0.870. The van der Waals surface area contributed by atoms with Crippen LogP contribution in [0.25, 0.3) is 0 Å². The van der Waals surface area contributed by atoms with Crippen LogP contribution in [0.1, 0.15) is 329 Å². The van der Waals surface area contributed by atoms with Crippen molar-refractivity contribution in [2.45, 2.75) is 335 Å². The average Bonchev–Trinajstić information content (AvgIpc) is 3.33. The summed E-state index contributed by atoms with van der Waals surface area (Å²) in [7, 11) is 0. The molecule has 0 aliphatic carbocycles. The summed E-state index contributed by atoms with van der Waals surface area (Å²) in [6, 6.07) is 0. The van der Waals surface area contributed by atoms with E-state index >= 15 is 0 Å². The van der Waals surface area contributed by atoms with E-state index in [4.69, 9.17) is 14.2 Å². The zero-order valence-corrected chi connectivity index (χ0v) is 45.2. The summed E-state index contributed by atoms with van der Waals surface area (Å²) < 4.78 is 16.9. The van der Waals surface area contributed by atoms with Crippen LogP contribution in [0.5, 0.6) is 0 Å². The molecule has 0 saturated carbocycles. The molecule has 0 bridgehead atoms. The van der Waals surface area contributed by atoms with Crippen LogP contribution in [-0.4, -0.2) is 37.2 Å². The Bertz CT molecular complexity index is 1080. The van der Waals surface area contributed by atoms with Crippen molar-refractivity contribution >= 4 is 17.9 Å². The van der Waals surface area contributed by atoms with Crippen LogP contribution in [-0.2, 0) is 28.6 Å². The molecule has 0 saturated heterocycles. The summed E-state index contributed by atoms with van der Waals surface area (Å²) in [4.78, 5) is 38.1. The highest BCUT2D eigenvalue weighted by atomic mass is 16.6. The van der Waals surface area contributed by atoms with E-state index in [2.05, 4.69) is 45.1 Å². The molecule has 0 aromatic carbocycles. The maximum Gasteiger partial charge on any atom is 0.306 e. The topological polar surface area (TPSA) is 78.9 Å². The van der Waals surface area contributed by atoms with Crippen molar-refractivity contribution in [1.82, 2.24) is 0 Å². The van der Waals surface area contributed by atoms with Gasteiger partial charge in [-0.2, -0.15) is 0 Å². The zero-order valence-electron chi connectivity index (χ0n) is 45.2. The van der Waals surface area contributed by atoms with Crippen molar-refractivity contribution in [3.8, 4) is 0 Å². The van der Waals surface area contributed by atoms with E-state index in [9.17, 15) is 14.4 Å². The standard InChI is InChI=1S/C61H114O6/c1-4-7-10-13-16-19-22-25-28-29-30-31-32-33-34-37-39-42-45-48-51-54-60(63)66-57-58(67-61(64)55-52-49-46-43-40-36-27-24-21-18-15-12-9-6-3)56-65-59(62)53-50-47-44-41-38-35-26-23-20-17-14-11-8-5-2/h23-24,26-27,58H,4-22,25,28-57H2,1-3H3/b26-23-,27-24-. The van der Waals surface area contributed by atoms with E-state index in [1.54, 1.807) is 0 Å². The Morgan fingerprint density at radius 3 is 0.746 bits per heavy atom. The first-order chi connectivity index (χ1) is 33.0. The largest absolute Gasteiger partial charge is 0.462 e. The van der Waals surface area contributed by atoms with Crippen molar-refractivity contribution < 1.29 is 28.6 Å². The summed E-state index contributed by atoms with van der Waals surface area (Å²) in [5.41, 5.74) is 0. The van der Waals surface area contributed by atoms with Gasteiger partial charge in [-0.1, -0.05) is 263 Å². The molecular weight excluding hydrogens is 829 g/mol. The van der Waals surface area contributed by atoms with Gasteiger partial charge in [0.1, 0.15) is 13.2 Å². The molecule has 0 fully saturated rings. The number of carbonyl (C=O) groups is 3. The van der Waals surface area contributed by atoms with Crippen LogP contribution >= 0.6 is 0 Å². The molecule has 67 heavy (non-hydrogen) atoms. The molecule has 1 unspecified atom stereocenters. The zero-order chi connectivity index (χ0) is 48.6. The van der Waals surface area contributed by atoms with Gasteiger partial charge in [-0.25, -0.2) is 0 Å². The minimum absolute atomic E-state index is 0.0727. The second kappa shape index (κ2) is 56.5. The van der Waals surface area contributed by atoms with Crippen molar-refractivity contribution in [2.75, 3.05) is 13.2 Å². The highest BCUT2D eigenvalue weighted by Gasteiger charge is 2.19. The minimum Gasteiger partial charge on any atom is -0.462 e. The molecule has 6 nitrogen and oxygen atoms in total. The van der Waals surface area contributed by atoms with Crippen LogP contribution in [0.4, 0.5) is 0 Å². The van der Waals surface area contributed by atoms with Crippen LogP contribution < -0.4 is 0 Å². The first kappa shape index (κ1) is 64.9. The molecule has 0 aromatic heterocycles. The number of esters is 3. The van der Waals surface area contributed by atoms with Gasteiger partial charge in [-0.15, -0.1) is 0 Å². The van der Waals surface area contributed by atoms with E-state index in [1.165, 1.54) is 218 Å². The lowest BCUT2D eigenvalue weighted by Crippen LogP contribution is -2.30. The smallest absolute Gasteiger partial charge is 0.306 e. The predicted molar refractivity (Wildman–Crippen MR) is 289 cm³/mol. The van der Waals surface area contributed by atoms with Gasteiger partial charge in [0.25, 0.3) is 0 Å². The molecule has 0 N–H and O–H groups in total. The predicted octanol–water partition coefficient (Wildman–Crippen LogP) is 19.9. The normalized spacial score (nSPS) is 12.1. The van der Waals surface area contributed by atoms with Gasteiger partial charge in [-0.3, -0.25) is 14.4 Å². The van der Waals surface area contributed by atoms with Crippen LogP contribution in [0, 0.1) is 0 Å². The van der Waals surface area contributed by atoms with Gasteiger partial charge >= 0.3 is 17.9 Å². The summed E-state index contributed by atoms with van der Waals surface area (Å²) in [5, 5.41) is 0. The molecule has 0 aromatic rings. The Kier molecular flexibility index (Phi) is 54.7. The fraction of sp³-hybridized carbons (Fsp3) is 0.885. The quantitative estimate of drug-likeness (QED) is 0.0262. The molecule has 1 atom stereocenters. The number of rotatable bonds is 55. The minimum atomic E-state index is -0.775. The van der Waals surface area contributed by atoms with Gasteiger partial charge in [0.05, 0.1) is 0 Å². The first-order valence-electron chi connectivity index (χ1n) is 29.8. The van der Waals surface area contributed by atoms with Gasteiger partial charge in [-0.05, 0) is 70.6 Å². The van der Waals surface area contributed by atoms with Crippen LogP contribution in [0.2, 0.25) is 0 Å².